The van der Waals surface area contributed by atoms with E-state index < -0.39 is 0 Å². The number of nitrogens with two attached hydrogens (primary N) is 1. The highest BCUT2D eigenvalue weighted by Crippen LogP contribution is 2.38. The zero-order chi connectivity index (χ0) is 13.1. The van der Waals surface area contributed by atoms with Crippen LogP contribution in [0.25, 0.3) is 0 Å². The average Bonchev–Trinajstić information content (AvgIpc) is 2.99. The zero-order valence-corrected chi connectivity index (χ0v) is 11.8. The van der Waals surface area contributed by atoms with Gasteiger partial charge in [0.25, 0.3) is 0 Å². The third-order valence-corrected chi connectivity index (χ3v) is 5.09. The van der Waals surface area contributed by atoms with Crippen LogP contribution in [-0.2, 0) is 6.42 Å². The molecule has 1 aliphatic rings. The lowest BCUT2D eigenvalue weighted by molar-refractivity contribution is 0.430. The van der Waals surface area contributed by atoms with E-state index in [1.807, 2.05) is 0 Å². The second-order valence-electron chi connectivity index (χ2n) is 5.26. The summed E-state index contributed by atoms with van der Waals surface area (Å²) in [6.45, 7) is 0. The van der Waals surface area contributed by atoms with Gasteiger partial charge in [0, 0.05) is 4.88 Å². The molecule has 0 amide bonds. The molecule has 100 valence electrons. The normalized spacial score (nSPS) is 19.9. The van der Waals surface area contributed by atoms with E-state index in [4.69, 9.17) is 5.84 Å². The molecule has 0 radical (unpaired) electrons. The molecule has 2 aromatic rings. The molecule has 3 heteroatoms. The Morgan fingerprint density at radius 1 is 1.26 bits per heavy atom. The molecule has 1 aromatic carbocycles. The van der Waals surface area contributed by atoms with Crippen molar-refractivity contribution in [1.82, 2.24) is 5.43 Å². The molecule has 0 spiro atoms. The van der Waals surface area contributed by atoms with Crippen LogP contribution < -0.4 is 11.3 Å². The van der Waals surface area contributed by atoms with E-state index in [1.54, 1.807) is 11.3 Å². The maximum absolute atomic E-state index is 5.76. The Morgan fingerprint density at radius 2 is 2.16 bits per heavy atom. The third kappa shape index (κ3) is 2.73. The third-order valence-electron chi connectivity index (χ3n) is 4.10. The number of thiophene rings is 1. The number of fused-ring (bicyclic) bond motifs is 1. The highest BCUT2D eigenvalue weighted by atomic mass is 32.1. The van der Waals surface area contributed by atoms with Gasteiger partial charge in [-0.2, -0.15) is 0 Å². The van der Waals surface area contributed by atoms with Crippen molar-refractivity contribution in [3.05, 3.63) is 57.8 Å². The van der Waals surface area contributed by atoms with E-state index in [0.29, 0.717) is 5.92 Å². The van der Waals surface area contributed by atoms with Gasteiger partial charge in [0.05, 0.1) is 6.04 Å². The molecular formula is C16H20N2S. The minimum Gasteiger partial charge on any atom is -0.271 e. The largest absolute Gasteiger partial charge is 0.271 e. The Hall–Kier alpha value is -1.16. The lowest BCUT2D eigenvalue weighted by Gasteiger charge is -2.28. The Labute approximate surface area is 118 Å². The lowest BCUT2D eigenvalue weighted by Crippen LogP contribution is -2.29. The van der Waals surface area contributed by atoms with Crippen LogP contribution in [-0.4, -0.2) is 0 Å². The summed E-state index contributed by atoms with van der Waals surface area (Å²) in [7, 11) is 0. The van der Waals surface area contributed by atoms with Gasteiger partial charge in [-0.25, -0.2) is 0 Å². The maximum atomic E-state index is 5.76. The van der Waals surface area contributed by atoms with E-state index >= 15 is 0 Å². The van der Waals surface area contributed by atoms with Gasteiger partial charge < -0.3 is 0 Å². The van der Waals surface area contributed by atoms with Crippen molar-refractivity contribution in [2.75, 3.05) is 0 Å². The second kappa shape index (κ2) is 5.87. The fraction of sp³-hybridized carbons (Fsp3) is 0.375. The molecule has 0 saturated heterocycles. The minimum absolute atomic E-state index is 0.274. The molecule has 2 atom stereocenters. The first-order valence-electron chi connectivity index (χ1n) is 6.96. The predicted molar refractivity (Wildman–Crippen MR) is 81.1 cm³/mol. The van der Waals surface area contributed by atoms with Gasteiger partial charge in [0.15, 0.2) is 0 Å². The molecule has 0 bridgehead atoms. The fourth-order valence-electron chi connectivity index (χ4n) is 3.14. The first-order valence-corrected chi connectivity index (χ1v) is 7.84. The Bertz CT molecular complexity index is 521. The number of hydrazine groups is 1. The van der Waals surface area contributed by atoms with Crippen molar-refractivity contribution in [2.24, 2.45) is 5.84 Å². The van der Waals surface area contributed by atoms with Gasteiger partial charge in [-0.1, -0.05) is 30.3 Å². The topological polar surface area (TPSA) is 38.0 Å². The van der Waals surface area contributed by atoms with Crippen molar-refractivity contribution in [2.45, 2.75) is 37.6 Å². The molecule has 3 N–H and O–H groups in total. The van der Waals surface area contributed by atoms with Gasteiger partial charge >= 0.3 is 0 Å². The Kier molecular flexibility index (Phi) is 3.97. The van der Waals surface area contributed by atoms with Crippen LogP contribution in [0.3, 0.4) is 0 Å². The molecule has 2 nitrogen and oxygen atoms in total. The van der Waals surface area contributed by atoms with Crippen molar-refractivity contribution >= 4 is 11.3 Å². The monoisotopic (exact) mass is 272 g/mol. The van der Waals surface area contributed by atoms with E-state index in [-0.39, 0.29) is 6.04 Å². The van der Waals surface area contributed by atoms with Crippen molar-refractivity contribution in [3.8, 4) is 0 Å². The highest BCUT2D eigenvalue weighted by Gasteiger charge is 2.23. The fourth-order valence-corrected chi connectivity index (χ4v) is 3.94. The summed E-state index contributed by atoms with van der Waals surface area (Å²) in [5, 5.41) is 2.12. The van der Waals surface area contributed by atoms with Gasteiger partial charge in [0.1, 0.15) is 0 Å². The van der Waals surface area contributed by atoms with Gasteiger partial charge in [-0.05, 0) is 54.2 Å². The molecule has 1 aliphatic carbocycles. The molecule has 1 heterocycles. The van der Waals surface area contributed by atoms with Crippen molar-refractivity contribution in [3.63, 3.8) is 0 Å². The summed E-state index contributed by atoms with van der Waals surface area (Å²) >= 11 is 1.78. The Balaban J connectivity index is 1.80. The highest BCUT2D eigenvalue weighted by molar-refractivity contribution is 7.10. The quantitative estimate of drug-likeness (QED) is 0.657. The summed E-state index contributed by atoms with van der Waals surface area (Å²) in [5.41, 5.74) is 6.05. The van der Waals surface area contributed by atoms with Gasteiger partial charge in [-0.15, -0.1) is 11.3 Å². The predicted octanol–water partition coefficient (Wildman–Crippen LogP) is 3.76. The Morgan fingerprint density at radius 3 is 2.95 bits per heavy atom. The van der Waals surface area contributed by atoms with Crippen LogP contribution in [0.4, 0.5) is 0 Å². The van der Waals surface area contributed by atoms with Gasteiger partial charge in [0.2, 0.25) is 0 Å². The number of hydrogen-bond acceptors (Lipinski definition) is 3. The molecule has 1 aromatic heterocycles. The average molecular weight is 272 g/mol. The van der Waals surface area contributed by atoms with Crippen LogP contribution in [0.5, 0.6) is 0 Å². The first-order chi connectivity index (χ1) is 9.38. The summed E-state index contributed by atoms with van der Waals surface area (Å²) in [6.07, 6.45) is 4.89. The maximum Gasteiger partial charge on any atom is 0.0559 e. The number of nitrogens with one attached hydrogen (secondary N) is 1. The molecule has 3 rings (SSSR count). The van der Waals surface area contributed by atoms with Crippen molar-refractivity contribution < 1.29 is 0 Å². The summed E-state index contributed by atoms with van der Waals surface area (Å²) in [5.74, 6) is 6.39. The van der Waals surface area contributed by atoms with Crippen LogP contribution >= 0.6 is 11.3 Å². The zero-order valence-electron chi connectivity index (χ0n) is 11.0. The number of rotatable bonds is 4. The van der Waals surface area contributed by atoms with Crippen LogP contribution in [0.1, 0.15) is 47.2 Å². The minimum atomic E-state index is 0.274. The van der Waals surface area contributed by atoms with Crippen LogP contribution in [0.2, 0.25) is 0 Å². The van der Waals surface area contributed by atoms with E-state index in [9.17, 15) is 0 Å². The van der Waals surface area contributed by atoms with Gasteiger partial charge in [-0.3, -0.25) is 11.3 Å². The number of hydrogen-bond donors (Lipinski definition) is 2. The smallest absolute Gasteiger partial charge is 0.0559 e. The SMILES string of the molecule is NNC(CC1CCCc2ccccc21)c1cccs1. The standard InChI is InChI=1S/C16H20N2S/c17-18-15(16-9-4-10-19-16)11-13-7-3-6-12-5-1-2-8-14(12)13/h1-2,4-5,8-10,13,15,18H,3,6-7,11,17H2. The number of benzene rings is 1. The molecule has 0 aliphatic heterocycles. The molecular weight excluding hydrogens is 252 g/mol. The summed E-state index contributed by atoms with van der Waals surface area (Å²) in [6, 6.07) is 13.4. The lowest BCUT2D eigenvalue weighted by atomic mass is 9.79. The number of aryl methyl sites for hydroxylation is 1. The van der Waals surface area contributed by atoms with E-state index in [2.05, 4.69) is 47.2 Å². The van der Waals surface area contributed by atoms with E-state index in [0.717, 1.165) is 6.42 Å². The molecule has 19 heavy (non-hydrogen) atoms. The molecule has 0 saturated carbocycles. The van der Waals surface area contributed by atoms with Crippen LogP contribution in [0.15, 0.2) is 41.8 Å². The first kappa shape index (κ1) is 12.9. The van der Waals surface area contributed by atoms with Crippen molar-refractivity contribution in [1.29, 1.82) is 0 Å². The summed E-state index contributed by atoms with van der Waals surface area (Å²) in [4.78, 5) is 1.34. The molecule has 2 unspecified atom stereocenters. The van der Waals surface area contributed by atoms with Crippen LogP contribution in [0, 0.1) is 0 Å². The second-order valence-corrected chi connectivity index (χ2v) is 6.24. The van der Waals surface area contributed by atoms with E-state index in [1.165, 1.54) is 35.3 Å². The summed E-state index contributed by atoms with van der Waals surface area (Å²) < 4.78 is 0. The molecule has 0 fully saturated rings.